The predicted octanol–water partition coefficient (Wildman–Crippen LogP) is 4.67. The van der Waals surface area contributed by atoms with Crippen LogP contribution in [0.2, 0.25) is 5.02 Å². The number of hydrogen-bond acceptors (Lipinski definition) is 4. The lowest BCUT2D eigenvalue weighted by Crippen LogP contribution is -2.15. The molecule has 28 heavy (non-hydrogen) atoms. The summed E-state index contributed by atoms with van der Waals surface area (Å²) in [7, 11) is 0. The zero-order valence-corrected chi connectivity index (χ0v) is 16.4. The number of nitrogens with zero attached hydrogens (tertiary/aromatic N) is 3. The number of hydrogen-bond donors (Lipinski definition) is 1. The fourth-order valence-electron chi connectivity index (χ4n) is 3.07. The molecule has 1 amide bonds. The number of nitrogens with one attached hydrogen (secondary N) is 1. The number of aromatic nitrogens is 2. The van der Waals surface area contributed by atoms with Gasteiger partial charge < -0.3 is 5.32 Å². The lowest BCUT2D eigenvalue weighted by atomic mass is 10.1. The number of rotatable bonds is 5. The van der Waals surface area contributed by atoms with E-state index in [-0.39, 0.29) is 11.3 Å². The van der Waals surface area contributed by atoms with Gasteiger partial charge in [0.1, 0.15) is 0 Å². The summed E-state index contributed by atoms with van der Waals surface area (Å²) in [4.78, 5) is 23.4. The molecule has 0 aliphatic carbocycles. The van der Waals surface area contributed by atoms with E-state index in [1.165, 1.54) is 12.1 Å². The van der Waals surface area contributed by atoms with Crippen LogP contribution in [0.4, 0.5) is 11.4 Å². The Hall–Kier alpha value is -3.19. The van der Waals surface area contributed by atoms with Crippen LogP contribution in [-0.2, 0) is 6.54 Å². The number of benzene rings is 2. The van der Waals surface area contributed by atoms with E-state index in [4.69, 9.17) is 11.6 Å². The second-order valence-electron chi connectivity index (χ2n) is 6.46. The molecule has 8 heteroatoms. The van der Waals surface area contributed by atoms with Crippen molar-refractivity contribution in [1.82, 2.24) is 9.78 Å². The molecule has 0 bridgehead atoms. The van der Waals surface area contributed by atoms with Crippen LogP contribution in [0.25, 0.3) is 0 Å². The second-order valence-corrected chi connectivity index (χ2v) is 6.86. The molecule has 1 heterocycles. The van der Waals surface area contributed by atoms with Crippen LogP contribution in [0.3, 0.4) is 0 Å². The fourth-order valence-corrected chi connectivity index (χ4v) is 3.26. The first-order valence-corrected chi connectivity index (χ1v) is 9.00. The van der Waals surface area contributed by atoms with Gasteiger partial charge in [-0.25, -0.2) is 0 Å². The zero-order valence-electron chi connectivity index (χ0n) is 15.7. The molecule has 0 aliphatic heterocycles. The van der Waals surface area contributed by atoms with Crippen LogP contribution >= 0.6 is 11.6 Å². The van der Waals surface area contributed by atoms with E-state index < -0.39 is 10.8 Å². The van der Waals surface area contributed by atoms with Gasteiger partial charge in [-0.1, -0.05) is 35.9 Å². The molecule has 0 fully saturated rings. The van der Waals surface area contributed by atoms with E-state index in [1.54, 1.807) is 24.6 Å². The van der Waals surface area contributed by atoms with Crippen LogP contribution in [0, 0.1) is 30.9 Å². The molecule has 0 saturated carbocycles. The maximum Gasteiger partial charge on any atom is 0.273 e. The molecule has 3 rings (SSSR count). The van der Waals surface area contributed by atoms with Gasteiger partial charge in [0.05, 0.1) is 28.5 Å². The van der Waals surface area contributed by atoms with Crippen molar-refractivity contribution in [2.45, 2.75) is 27.3 Å². The molecular formula is C20H19ClN4O3. The van der Waals surface area contributed by atoms with E-state index >= 15 is 0 Å². The fraction of sp³-hybridized carbons (Fsp3) is 0.200. The van der Waals surface area contributed by atoms with Gasteiger partial charge in [0.15, 0.2) is 0 Å². The van der Waals surface area contributed by atoms with Crippen molar-refractivity contribution in [3.63, 3.8) is 0 Å². The molecule has 1 N–H and O–H groups in total. The van der Waals surface area contributed by atoms with Crippen LogP contribution in [0.15, 0.2) is 42.5 Å². The predicted molar refractivity (Wildman–Crippen MR) is 108 cm³/mol. The average Bonchev–Trinajstić information content (AvgIpc) is 2.91. The first-order valence-electron chi connectivity index (χ1n) is 8.62. The number of anilines is 1. The molecule has 3 aromatic rings. The van der Waals surface area contributed by atoms with E-state index in [2.05, 4.69) is 10.4 Å². The largest absolute Gasteiger partial charge is 0.319 e. The Bertz CT molecular complexity index is 1080. The van der Waals surface area contributed by atoms with E-state index in [0.29, 0.717) is 28.5 Å². The van der Waals surface area contributed by atoms with Crippen LogP contribution < -0.4 is 5.32 Å². The molecular weight excluding hydrogens is 380 g/mol. The first-order chi connectivity index (χ1) is 13.3. The molecule has 0 saturated heterocycles. The van der Waals surface area contributed by atoms with Gasteiger partial charge in [-0.2, -0.15) is 5.10 Å². The maximum atomic E-state index is 12.7. The Morgan fingerprint density at radius 2 is 1.89 bits per heavy atom. The normalized spacial score (nSPS) is 10.7. The standard InChI is InChI=1S/C20H19ClN4O3/c1-12-16(8-6-10-18(12)25(27)28)20(26)22-19-13(2)23-24(14(19)3)11-15-7-4-5-9-17(15)21/h4-10H,11H2,1-3H3,(H,22,26). The minimum Gasteiger partial charge on any atom is -0.319 e. The zero-order chi connectivity index (χ0) is 20.4. The highest BCUT2D eigenvalue weighted by atomic mass is 35.5. The summed E-state index contributed by atoms with van der Waals surface area (Å²) < 4.78 is 1.77. The number of carbonyl (C=O) groups excluding carboxylic acids is 1. The summed E-state index contributed by atoms with van der Waals surface area (Å²) in [6.07, 6.45) is 0. The van der Waals surface area contributed by atoms with E-state index in [0.717, 1.165) is 11.3 Å². The summed E-state index contributed by atoms with van der Waals surface area (Å²) in [5, 5.41) is 19.1. The first kappa shape index (κ1) is 19.6. The number of nitro benzene ring substituents is 1. The maximum absolute atomic E-state index is 12.7. The van der Waals surface area contributed by atoms with Gasteiger partial charge in [0, 0.05) is 22.2 Å². The Balaban J connectivity index is 1.89. The molecule has 1 aromatic heterocycles. The van der Waals surface area contributed by atoms with Crippen molar-refractivity contribution in [2.75, 3.05) is 5.32 Å². The molecule has 144 valence electrons. The van der Waals surface area contributed by atoms with E-state index in [1.807, 2.05) is 31.2 Å². The Morgan fingerprint density at radius 3 is 2.57 bits per heavy atom. The summed E-state index contributed by atoms with van der Waals surface area (Å²) in [6, 6.07) is 11.9. The van der Waals surface area contributed by atoms with Crippen LogP contribution in [0.5, 0.6) is 0 Å². The summed E-state index contributed by atoms with van der Waals surface area (Å²) >= 11 is 6.23. The van der Waals surface area contributed by atoms with Gasteiger partial charge in [0.2, 0.25) is 0 Å². The van der Waals surface area contributed by atoms with Crippen molar-refractivity contribution < 1.29 is 9.72 Å². The number of amides is 1. The molecule has 2 aromatic carbocycles. The third kappa shape index (κ3) is 3.75. The molecule has 0 atom stereocenters. The number of halogens is 1. The van der Waals surface area contributed by atoms with Crippen molar-refractivity contribution in [1.29, 1.82) is 0 Å². The molecule has 0 aliphatic rings. The van der Waals surface area contributed by atoms with Crippen molar-refractivity contribution in [2.24, 2.45) is 0 Å². The summed E-state index contributed by atoms with van der Waals surface area (Å²) in [6.45, 7) is 5.68. The van der Waals surface area contributed by atoms with Crippen LogP contribution in [-0.4, -0.2) is 20.6 Å². The summed E-state index contributed by atoms with van der Waals surface area (Å²) in [5.41, 5.74) is 3.42. The van der Waals surface area contributed by atoms with Crippen molar-refractivity contribution in [3.8, 4) is 0 Å². The van der Waals surface area contributed by atoms with Gasteiger partial charge in [-0.3, -0.25) is 19.6 Å². The van der Waals surface area contributed by atoms with Gasteiger partial charge in [-0.05, 0) is 38.5 Å². The Labute approximate surface area is 167 Å². The van der Waals surface area contributed by atoms with E-state index in [9.17, 15) is 14.9 Å². The Kier molecular flexibility index (Phi) is 5.46. The number of aryl methyl sites for hydroxylation is 1. The number of nitro groups is 1. The SMILES string of the molecule is Cc1nn(Cc2ccccc2Cl)c(C)c1NC(=O)c1cccc([N+](=O)[O-])c1C. The lowest BCUT2D eigenvalue weighted by molar-refractivity contribution is -0.385. The quantitative estimate of drug-likeness (QED) is 0.499. The highest BCUT2D eigenvalue weighted by molar-refractivity contribution is 6.31. The third-order valence-corrected chi connectivity index (χ3v) is 5.01. The highest BCUT2D eigenvalue weighted by Gasteiger charge is 2.20. The number of carbonyl (C=O) groups is 1. The molecule has 0 radical (unpaired) electrons. The molecule has 7 nitrogen and oxygen atoms in total. The topological polar surface area (TPSA) is 90.1 Å². The lowest BCUT2D eigenvalue weighted by Gasteiger charge is -2.09. The summed E-state index contributed by atoms with van der Waals surface area (Å²) in [5.74, 6) is -0.412. The van der Waals surface area contributed by atoms with Crippen molar-refractivity contribution >= 4 is 28.9 Å². The van der Waals surface area contributed by atoms with Gasteiger partial charge in [-0.15, -0.1) is 0 Å². The smallest absolute Gasteiger partial charge is 0.273 e. The monoisotopic (exact) mass is 398 g/mol. The minimum absolute atomic E-state index is 0.0875. The third-order valence-electron chi connectivity index (χ3n) is 4.64. The Morgan fingerprint density at radius 1 is 1.18 bits per heavy atom. The van der Waals surface area contributed by atoms with Crippen LogP contribution in [0.1, 0.15) is 32.9 Å². The van der Waals surface area contributed by atoms with Gasteiger partial charge in [0.25, 0.3) is 11.6 Å². The van der Waals surface area contributed by atoms with Gasteiger partial charge >= 0.3 is 0 Å². The second kappa shape index (κ2) is 7.82. The highest BCUT2D eigenvalue weighted by Crippen LogP contribution is 2.25. The minimum atomic E-state index is -0.496. The van der Waals surface area contributed by atoms with Crippen molar-refractivity contribution in [3.05, 3.63) is 85.7 Å². The average molecular weight is 399 g/mol. The molecule has 0 unspecified atom stereocenters. The molecule has 0 spiro atoms.